The van der Waals surface area contributed by atoms with Crippen LogP contribution in [0.15, 0.2) is 54.6 Å². The zero-order valence-corrected chi connectivity index (χ0v) is 26.1. The van der Waals surface area contributed by atoms with E-state index >= 15 is 0 Å². The highest BCUT2D eigenvalue weighted by atomic mass is 16.5. The molecule has 208 valence electrons. The molecule has 3 aromatic carbocycles. The van der Waals surface area contributed by atoms with Crippen molar-refractivity contribution in [3.63, 3.8) is 0 Å². The van der Waals surface area contributed by atoms with E-state index in [0.717, 1.165) is 24.3 Å². The summed E-state index contributed by atoms with van der Waals surface area (Å²) in [6.07, 6.45) is 4.68. The number of fused-ring (bicyclic) bond motifs is 4. The number of likely N-dealkylation sites (N-methyl/N-ethyl adjacent to an activating group) is 1. The highest BCUT2D eigenvalue weighted by molar-refractivity contribution is 5.91. The molecule has 3 heteroatoms. The number of benzene rings is 3. The maximum absolute atomic E-state index is 6.88. The fourth-order valence-corrected chi connectivity index (χ4v) is 7.11. The van der Waals surface area contributed by atoms with Gasteiger partial charge in [-0.05, 0) is 81.7 Å². The lowest BCUT2D eigenvalue weighted by Crippen LogP contribution is -2.50. The first-order chi connectivity index (χ1) is 18.8. The normalized spacial score (nSPS) is 20.3. The second kappa shape index (κ2) is 9.09. The Kier molecular flexibility index (Phi) is 6.11. The molecule has 3 aromatic rings. The van der Waals surface area contributed by atoms with Gasteiger partial charge in [-0.25, -0.2) is 4.58 Å². The molecule has 0 saturated heterocycles. The summed E-state index contributed by atoms with van der Waals surface area (Å²) in [5.41, 5.74) is 10.4. The predicted octanol–water partition coefficient (Wildman–Crippen LogP) is 7.59. The Morgan fingerprint density at radius 1 is 1.00 bits per heavy atom. The summed E-state index contributed by atoms with van der Waals surface area (Å²) in [6, 6.07) is 18.6. The van der Waals surface area contributed by atoms with Gasteiger partial charge in [-0.15, -0.1) is 0 Å². The van der Waals surface area contributed by atoms with Gasteiger partial charge in [-0.3, -0.25) is 0 Å². The Morgan fingerprint density at radius 3 is 2.45 bits per heavy atom. The van der Waals surface area contributed by atoms with E-state index in [1.807, 2.05) is 0 Å². The molecule has 0 radical (unpaired) electrons. The first-order valence-corrected chi connectivity index (χ1v) is 15.0. The van der Waals surface area contributed by atoms with E-state index in [-0.39, 0.29) is 11.1 Å². The Bertz CT molecular complexity index is 1700. The highest BCUT2D eigenvalue weighted by Gasteiger charge is 2.39. The van der Waals surface area contributed by atoms with Crippen molar-refractivity contribution in [2.45, 2.75) is 91.1 Å². The molecule has 0 aliphatic carbocycles. The number of ether oxygens (including phenoxy) is 1. The SMILES string of the molecule is CCC1CC(C)(C)[N+](C)=c2cc3c(cc21)=C(c1cccc(C(C)C)c1)c1cc2c(cc1O3)N(C)C(C)(C)C=C2C. The van der Waals surface area contributed by atoms with Crippen LogP contribution in [0.25, 0.3) is 11.1 Å². The van der Waals surface area contributed by atoms with Crippen LogP contribution in [0.2, 0.25) is 0 Å². The third-order valence-electron chi connectivity index (χ3n) is 10.00. The number of rotatable bonds is 3. The fourth-order valence-electron chi connectivity index (χ4n) is 7.11. The summed E-state index contributed by atoms with van der Waals surface area (Å²) >= 11 is 0. The number of allylic oxidation sites excluding steroid dienone is 1. The van der Waals surface area contributed by atoms with E-state index in [0.29, 0.717) is 11.8 Å². The van der Waals surface area contributed by atoms with Crippen molar-refractivity contribution in [3.05, 3.63) is 93.0 Å². The highest BCUT2D eigenvalue weighted by Crippen LogP contribution is 2.46. The Balaban J connectivity index is 1.73. The number of hydrogen-bond donors (Lipinski definition) is 0. The molecule has 1 unspecified atom stereocenters. The molecule has 0 fully saturated rings. The first-order valence-electron chi connectivity index (χ1n) is 15.0. The predicted molar refractivity (Wildman–Crippen MR) is 169 cm³/mol. The van der Waals surface area contributed by atoms with Crippen LogP contribution < -0.4 is 24.8 Å². The van der Waals surface area contributed by atoms with Crippen LogP contribution in [0.3, 0.4) is 0 Å². The molecule has 3 nitrogen and oxygen atoms in total. The third-order valence-corrected chi connectivity index (χ3v) is 10.00. The van der Waals surface area contributed by atoms with E-state index in [9.17, 15) is 0 Å². The molecule has 0 amide bonds. The van der Waals surface area contributed by atoms with Crippen LogP contribution in [0.4, 0.5) is 5.69 Å². The topological polar surface area (TPSA) is 15.5 Å². The number of hydrogen-bond acceptors (Lipinski definition) is 2. The summed E-state index contributed by atoms with van der Waals surface area (Å²) in [5.74, 6) is 2.90. The maximum Gasteiger partial charge on any atom is 0.207 e. The van der Waals surface area contributed by atoms with Crippen LogP contribution in [0, 0.1) is 0 Å². The minimum Gasteiger partial charge on any atom is -0.456 e. The molecule has 6 rings (SSSR count). The second-order valence-corrected chi connectivity index (χ2v) is 13.8. The van der Waals surface area contributed by atoms with Crippen molar-refractivity contribution in [2.24, 2.45) is 0 Å². The van der Waals surface area contributed by atoms with Gasteiger partial charge < -0.3 is 9.64 Å². The van der Waals surface area contributed by atoms with Crippen LogP contribution in [-0.4, -0.2) is 25.2 Å². The third kappa shape index (κ3) is 4.04. The molecule has 1 atom stereocenters. The zero-order valence-electron chi connectivity index (χ0n) is 26.1. The minimum atomic E-state index is -0.0570. The van der Waals surface area contributed by atoms with E-state index in [1.54, 1.807) is 0 Å². The average molecular weight is 534 g/mol. The van der Waals surface area contributed by atoms with Crippen molar-refractivity contribution in [3.8, 4) is 11.5 Å². The molecular formula is C37H45N2O+. The Morgan fingerprint density at radius 2 is 1.75 bits per heavy atom. The van der Waals surface area contributed by atoms with Crippen LogP contribution in [0.5, 0.6) is 11.5 Å². The van der Waals surface area contributed by atoms with Crippen LogP contribution in [-0.2, 0) is 0 Å². The lowest BCUT2D eigenvalue weighted by Gasteiger charge is -2.41. The Hall–Kier alpha value is -3.33. The largest absolute Gasteiger partial charge is 0.456 e. The molecule has 0 N–H and O–H groups in total. The summed E-state index contributed by atoms with van der Waals surface area (Å²) in [4.78, 5) is 2.38. The molecule has 3 aliphatic heterocycles. The first kappa shape index (κ1) is 26.9. The molecule has 40 heavy (non-hydrogen) atoms. The average Bonchev–Trinajstić information content (AvgIpc) is 2.91. The molecular weight excluding hydrogens is 488 g/mol. The summed E-state index contributed by atoms with van der Waals surface area (Å²) in [5, 5.41) is 2.51. The molecule has 3 heterocycles. The van der Waals surface area contributed by atoms with Crippen LogP contribution >= 0.6 is 0 Å². The van der Waals surface area contributed by atoms with E-state index < -0.39 is 0 Å². The molecule has 0 aromatic heterocycles. The monoisotopic (exact) mass is 533 g/mol. The molecule has 0 saturated carbocycles. The lowest BCUT2D eigenvalue weighted by molar-refractivity contribution is 0.282. The lowest BCUT2D eigenvalue weighted by atomic mass is 9.79. The van der Waals surface area contributed by atoms with Gasteiger partial charge in [0.25, 0.3) is 0 Å². The van der Waals surface area contributed by atoms with Gasteiger partial charge in [0.15, 0.2) is 5.54 Å². The fraction of sp³-hybridized carbons (Fsp3) is 0.432. The summed E-state index contributed by atoms with van der Waals surface area (Å²) in [6.45, 7) is 18.4. The van der Waals surface area contributed by atoms with Crippen molar-refractivity contribution in [1.29, 1.82) is 0 Å². The van der Waals surface area contributed by atoms with Crippen molar-refractivity contribution in [2.75, 3.05) is 19.0 Å². The molecule has 0 spiro atoms. The Labute approximate surface area is 240 Å². The summed E-state index contributed by atoms with van der Waals surface area (Å²) < 4.78 is 9.34. The van der Waals surface area contributed by atoms with Crippen molar-refractivity contribution >= 4 is 16.8 Å². The smallest absolute Gasteiger partial charge is 0.207 e. The number of nitrogens with zero attached hydrogens (tertiary/aromatic N) is 2. The van der Waals surface area contributed by atoms with Gasteiger partial charge in [0.05, 0.1) is 11.6 Å². The van der Waals surface area contributed by atoms with Gasteiger partial charge in [0, 0.05) is 52.7 Å². The maximum atomic E-state index is 6.88. The van der Waals surface area contributed by atoms with E-state index in [1.165, 1.54) is 55.2 Å². The second-order valence-electron chi connectivity index (χ2n) is 13.8. The van der Waals surface area contributed by atoms with Crippen molar-refractivity contribution < 1.29 is 4.74 Å². The standard InChI is InChI=1S/C37H45N2O/c1-11-24-21-37(7,8)39(10)32-19-34-30(17-28(24)32)35(26-14-12-13-25(15-26)22(2)3)29-16-27-23(4)20-36(5,6)38(9)31(27)18-33(29)40-34/h12-20,22,24H,11,21H2,1-10H3/q+1. The summed E-state index contributed by atoms with van der Waals surface area (Å²) in [7, 11) is 4.44. The van der Waals surface area contributed by atoms with Gasteiger partial charge in [0.2, 0.25) is 5.36 Å². The number of anilines is 1. The minimum absolute atomic E-state index is 0.0570. The molecule has 0 bridgehead atoms. The van der Waals surface area contributed by atoms with Gasteiger partial charge >= 0.3 is 0 Å². The zero-order chi connectivity index (χ0) is 28.7. The van der Waals surface area contributed by atoms with Gasteiger partial charge in [0.1, 0.15) is 18.5 Å². The van der Waals surface area contributed by atoms with Crippen molar-refractivity contribution in [1.82, 2.24) is 4.58 Å². The van der Waals surface area contributed by atoms with E-state index in [2.05, 4.69) is 134 Å². The molecule has 3 aliphatic rings. The van der Waals surface area contributed by atoms with Gasteiger partial charge in [-0.2, -0.15) is 0 Å². The van der Waals surface area contributed by atoms with Gasteiger partial charge in [-0.1, -0.05) is 51.1 Å². The van der Waals surface area contributed by atoms with E-state index in [4.69, 9.17) is 4.74 Å². The quantitative estimate of drug-likeness (QED) is 0.252. The van der Waals surface area contributed by atoms with Crippen LogP contribution in [0.1, 0.15) is 108 Å².